The van der Waals surface area contributed by atoms with E-state index in [2.05, 4.69) is 15.2 Å². The Labute approximate surface area is 164 Å². The van der Waals surface area contributed by atoms with Crippen LogP contribution in [0.15, 0.2) is 24.4 Å². The summed E-state index contributed by atoms with van der Waals surface area (Å²) in [5.41, 5.74) is 0. The number of carbonyl (C=O) groups is 3. The zero-order valence-electron chi connectivity index (χ0n) is 15.9. The first-order valence-corrected chi connectivity index (χ1v) is 10.4. The van der Waals surface area contributed by atoms with Crippen LogP contribution >= 0.6 is 11.8 Å². The molecule has 148 valence electrons. The highest BCUT2D eigenvalue weighted by Crippen LogP contribution is 2.13. The minimum Gasteiger partial charge on any atom is -0.355 e. The van der Waals surface area contributed by atoms with Crippen LogP contribution in [-0.4, -0.2) is 65.3 Å². The Morgan fingerprint density at radius 2 is 1.89 bits per heavy atom. The molecule has 2 heterocycles. The predicted molar refractivity (Wildman–Crippen MR) is 108 cm³/mol. The second-order valence-electron chi connectivity index (χ2n) is 6.50. The molecule has 1 aliphatic rings. The van der Waals surface area contributed by atoms with Crippen molar-refractivity contribution in [1.29, 1.82) is 0 Å². The third-order valence-corrected chi connectivity index (χ3v) is 5.21. The van der Waals surface area contributed by atoms with E-state index in [0.29, 0.717) is 13.0 Å². The van der Waals surface area contributed by atoms with Gasteiger partial charge in [0.2, 0.25) is 11.8 Å². The molecule has 1 aliphatic heterocycles. The summed E-state index contributed by atoms with van der Waals surface area (Å²) in [6.45, 7) is 5.14. The Morgan fingerprint density at radius 1 is 1.11 bits per heavy atom. The number of aromatic nitrogens is 1. The molecule has 1 fully saturated rings. The third kappa shape index (κ3) is 7.99. The number of unbranched alkanes of at least 4 members (excludes halogenated alkanes) is 2. The SMILES string of the molecule is CC(=O)SCC(=O)NCCCCCC(=O)N1CCN(c2ccccn2)CC1. The average Bonchev–Trinajstić information content (AvgIpc) is 2.69. The summed E-state index contributed by atoms with van der Waals surface area (Å²) in [4.78, 5) is 43.1. The molecule has 1 aromatic heterocycles. The van der Waals surface area contributed by atoms with Crippen molar-refractivity contribution >= 4 is 34.5 Å². The van der Waals surface area contributed by atoms with Crippen molar-refractivity contribution < 1.29 is 14.4 Å². The van der Waals surface area contributed by atoms with Crippen LogP contribution in [0.25, 0.3) is 0 Å². The Balaban J connectivity index is 1.53. The lowest BCUT2D eigenvalue weighted by molar-refractivity contribution is -0.131. The molecule has 27 heavy (non-hydrogen) atoms. The van der Waals surface area contributed by atoms with Crippen molar-refractivity contribution in [2.45, 2.75) is 32.6 Å². The highest BCUT2D eigenvalue weighted by molar-refractivity contribution is 8.14. The molecule has 7 nitrogen and oxygen atoms in total. The van der Waals surface area contributed by atoms with Crippen molar-refractivity contribution in [3.05, 3.63) is 24.4 Å². The lowest BCUT2D eigenvalue weighted by Gasteiger charge is -2.35. The van der Waals surface area contributed by atoms with Gasteiger partial charge < -0.3 is 15.1 Å². The first kappa shape index (κ1) is 21.2. The Hall–Kier alpha value is -2.09. The minimum absolute atomic E-state index is 0.0514. The van der Waals surface area contributed by atoms with E-state index in [9.17, 15) is 14.4 Å². The summed E-state index contributed by atoms with van der Waals surface area (Å²) in [6, 6.07) is 5.87. The normalized spacial score (nSPS) is 14.1. The number of amides is 2. The summed E-state index contributed by atoms with van der Waals surface area (Å²) in [5, 5.41) is 2.74. The van der Waals surface area contributed by atoms with Gasteiger partial charge in [0.1, 0.15) is 5.82 Å². The molecule has 2 rings (SSSR count). The van der Waals surface area contributed by atoms with Gasteiger partial charge in [0.25, 0.3) is 0 Å². The van der Waals surface area contributed by atoms with Gasteiger partial charge in [-0.15, -0.1) is 0 Å². The number of pyridine rings is 1. The van der Waals surface area contributed by atoms with E-state index < -0.39 is 0 Å². The number of anilines is 1. The van der Waals surface area contributed by atoms with Crippen molar-refractivity contribution in [3.63, 3.8) is 0 Å². The lowest BCUT2D eigenvalue weighted by atomic mass is 10.1. The highest BCUT2D eigenvalue weighted by Gasteiger charge is 2.21. The molecule has 0 aromatic carbocycles. The Kier molecular flexibility index (Phi) is 9.10. The molecule has 1 N–H and O–H groups in total. The summed E-state index contributed by atoms with van der Waals surface area (Å²) in [6.07, 6.45) is 4.92. The van der Waals surface area contributed by atoms with Crippen molar-refractivity contribution in [2.75, 3.05) is 43.4 Å². The van der Waals surface area contributed by atoms with E-state index in [-0.39, 0.29) is 22.7 Å². The fraction of sp³-hybridized carbons (Fsp3) is 0.579. The van der Waals surface area contributed by atoms with E-state index in [1.54, 1.807) is 6.20 Å². The largest absolute Gasteiger partial charge is 0.355 e. The van der Waals surface area contributed by atoms with Crippen molar-refractivity contribution in [3.8, 4) is 0 Å². The second kappa shape index (κ2) is 11.6. The van der Waals surface area contributed by atoms with Gasteiger partial charge in [-0.05, 0) is 25.0 Å². The van der Waals surface area contributed by atoms with E-state index in [1.807, 2.05) is 23.1 Å². The quantitative estimate of drug-likeness (QED) is 0.644. The fourth-order valence-electron chi connectivity index (χ4n) is 2.91. The molecule has 0 atom stereocenters. The van der Waals surface area contributed by atoms with Crippen LogP contribution in [0, 0.1) is 0 Å². The minimum atomic E-state index is -0.114. The van der Waals surface area contributed by atoms with Crippen LogP contribution < -0.4 is 10.2 Å². The first-order valence-electron chi connectivity index (χ1n) is 9.40. The van der Waals surface area contributed by atoms with E-state index in [1.165, 1.54) is 6.92 Å². The lowest BCUT2D eigenvalue weighted by Crippen LogP contribution is -2.49. The van der Waals surface area contributed by atoms with Crippen LogP contribution in [0.5, 0.6) is 0 Å². The molecule has 1 saturated heterocycles. The number of rotatable bonds is 9. The smallest absolute Gasteiger partial charge is 0.230 e. The van der Waals surface area contributed by atoms with E-state index in [4.69, 9.17) is 0 Å². The predicted octanol–water partition coefficient (Wildman–Crippen LogP) is 1.69. The topological polar surface area (TPSA) is 82.6 Å². The van der Waals surface area contributed by atoms with Gasteiger partial charge in [-0.25, -0.2) is 4.98 Å². The standard InChI is InChI=1S/C19H28N4O3S/c1-16(24)27-15-18(25)21-10-5-2-3-8-19(26)23-13-11-22(12-14-23)17-7-4-6-9-20-17/h4,6-7,9H,2-3,5,8,10-15H2,1H3,(H,21,25). The first-order chi connectivity index (χ1) is 13.1. The summed E-state index contributed by atoms with van der Waals surface area (Å²) in [5.74, 6) is 1.24. The number of nitrogens with one attached hydrogen (secondary N) is 1. The molecular weight excluding hydrogens is 364 g/mol. The van der Waals surface area contributed by atoms with Crippen LogP contribution in [0.1, 0.15) is 32.6 Å². The zero-order chi connectivity index (χ0) is 19.5. The monoisotopic (exact) mass is 392 g/mol. The molecule has 0 aliphatic carbocycles. The number of hydrogen-bond donors (Lipinski definition) is 1. The molecule has 1 aromatic rings. The van der Waals surface area contributed by atoms with Crippen LogP contribution in [0.2, 0.25) is 0 Å². The average molecular weight is 393 g/mol. The van der Waals surface area contributed by atoms with Gasteiger partial charge >= 0.3 is 0 Å². The fourth-order valence-corrected chi connectivity index (χ4v) is 3.34. The molecule has 0 saturated carbocycles. The molecule has 0 spiro atoms. The van der Waals surface area contributed by atoms with Gasteiger partial charge in [-0.2, -0.15) is 0 Å². The Morgan fingerprint density at radius 3 is 2.56 bits per heavy atom. The molecule has 0 unspecified atom stereocenters. The van der Waals surface area contributed by atoms with Gasteiger partial charge in [-0.3, -0.25) is 14.4 Å². The van der Waals surface area contributed by atoms with Gasteiger partial charge in [0.05, 0.1) is 5.75 Å². The molecule has 8 heteroatoms. The van der Waals surface area contributed by atoms with Gasteiger partial charge in [-0.1, -0.05) is 24.2 Å². The number of thioether (sulfide) groups is 1. The molecule has 0 radical (unpaired) electrons. The number of piperazine rings is 1. The molecule has 0 bridgehead atoms. The summed E-state index contributed by atoms with van der Waals surface area (Å²) in [7, 11) is 0. The van der Waals surface area contributed by atoms with Gasteiger partial charge in [0, 0.05) is 52.3 Å². The summed E-state index contributed by atoms with van der Waals surface area (Å²) >= 11 is 1.02. The zero-order valence-corrected chi connectivity index (χ0v) is 16.7. The van der Waals surface area contributed by atoms with E-state index >= 15 is 0 Å². The molecule has 2 amide bonds. The highest BCUT2D eigenvalue weighted by atomic mass is 32.2. The Bertz CT molecular complexity index is 619. The number of hydrogen-bond acceptors (Lipinski definition) is 6. The maximum absolute atomic E-state index is 12.3. The summed E-state index contributed by atoms with van der Waals surface area (Å²) < 4.78 is 0. The van der Waals surface area contributed by atoms with Crippen LogP contribution in [0.4, 0.5) is 5.82 Å². The molecular formula is C19H28N4O3S. The maximum Gasteiger partial charge on any atom is 0.230 e. The van der Waals surface area contributed by atoms with E-state index in [0.717, 1.165) is 63.0 Å². The van der Waals surface area contributed by atoms with Crippen LogP contribution in [0.3, 0.4) is 0 Å². The number of carbonyl (C=O) groups excluding carboxylic acids is 3. The second-order valence-corrected chi connectivity index (χ2v) is 7.65. The van der Waals surface area contributed by atoms with Crippen LogP contribution in [-0.2, 0) is 14.4 Å². The third-order valence-electron chi connectivity index (χ3n) is 4.40. The van der Waals surface area contributed by atoms with Gasteiger partial charge in [0.15, 0.2) is 5.12 Å². The maximum atomic E-state index is 12.3. The van der Waals surface area contributed by atoms with Crippen molar-refractivity contribution in [1.82, 2.24) is 15.2 Å². The number of nitrogens with zero attached hydrogens (tertiary/aromatic N) is 3. The van der Waals surface area contributed by atoms with Crippen molar-refractivity contribution in [2.24, 2.45) is 0 Å².